The number of hydrogen-bond acceptors (Lipinski definition) is 6. The third-order valence-electron chi connectivity index (χ3n) is 4.55. The Morgan fingerprint density at radius 3 is 1.60 bits per heavy atom. The van der Waals surface area contributed by atoms with E-state index in [-0.39, 0.29) is 18.7 Å². The van der Waals surface area contributed by atoms with E-state index in [4.69, 9.17) is 14.9 Å². The van der Waals surface area contributed by atoms with Gasteiger partial charge in [0.1, 0.15) is 0 Å². The highest BCUT2D eigenvalue weighted by atomic mass is 31.2. The van der Waals surface area contributed by atoms with Crippen LogP contribution in [0.5, 0.6) is 0 Å². The van der Waals surface area contributed by atoms with Crippen LogP contribution in [0.15, 0.2) is 0 Å². The summed E-state index contributed by atoms with van der Waals surface area (Å²) >= 11 is 0. The Balaban J connectivity index is -0.00000364. The van der Waals surface area contributed by atoms with Gasteiger partial charge >= 0.3 is 13.8 Å². The number of rotatable bonds is 19. The van der Waals surface area contributed by atoms with Crippen LogP contribution in [0.2, 0.25) is 0 Å². The van der Waals surface area contributed by atoms with E-state index in [9.17, 15) is 14.2 Å². The zero-order valence-corrected chi connectivity index (χ0v) is 19.4. The minimum Gasteiger partial charge on any atom is -0.480 e. The van der Waals surface area contributed by atoms with Crippen molar-refractivity contribution in [2.75, 3.05) is 6.61 Å². The molecule has 1 atom stereocenters. The molecule has 0 spiro atoms. The van der Waals surface area contributed by atoms with E-state index in [1.807, 2.05) is 0 Å². The molecule has 1 amide bonds. The number of carboxylic acids is 1. The summed E-state index contributed by atoms with van der Waals surface area (Å²) in [6.45, 7) is 1.45. The van der Waals surface area contributed by atoms with E-state index in [2.05, 4.69) is 16.8 Å². The molecule has 0 radical (unpaired) electrons. The molecule has 0 heterocycles. The van der Waals surface area contributed by atoms with Crippen LogP contribution >= 0.6 is 7.82 Å². The van der Waals surface area contributed by atoms with Crippen molar-refractivity contribution in [1.29, 1.82) is 0 Å². The van der Waals surface area contributed by atoms with Gasteiger partial charge in [-0.1, -0.05) is 84.0 Å². The number of nitrogens with one attached hydrogen (secondary N) is 1. The normalized spacial score (nSPS) is 11.8. The van der Waals surface area contributed by atoms with Crippen molar-refractivity contribution in [3.63, 3.8) is 0 Å². The summed E-state index contributed by atoms with van der Waals surface area (Å²) in [4.78, 5) is 40.0. The van der Waals surface area contributed by atoms with Gasteiger partial charge in [0, 0.05) is 6.42 Å². The van der Waals surface area contributed by atoms with Crippen LogP contribution in [0, 0.1) is 0 Å². The lowest BCUT2D eigenvalue weighted by Gasteiger charge is -2.15. The lowest BCUT2D eigenvalue weighted by molar-refractivity contribution is -0.142. The lowest BCUT2D eigenvalue weighted by Crippen LogP contribution is -2.43. The maximum absolute atomic E-state index is 11.8. The van der Waals surface area contributed by atoms with Gasteiger partial charge in [0.05, 0.1) is 6.61 Å². The molecule has 0 saturated carbocycles. The first kappa shape index (κ1) is 33.6. The summed E-state index contributed by atoms with van der Waals surface area (Å²) in [5, 5.41) is 11.2. The molecule has 10 N–H and O–H groups in total. The monoisotopic (exact) mass is 457 g/mol. The summed E-state index contributed by atoms with van der Waals surface area (Å²) in [6.07, 6.45) is 15.7. The van der Waals surface area contributed by atoms with Crippen molar-refractivity contribution in [3.8, 4) is 0 Å². The predicted octanol–water partition coefficient (Wildman–Crippen LogP) is 4.47. The molecule has 0 saturated heterocycles. The van der Waals surface area contributed by atoms with Crippen LogP contribution in [0.25, 0.3) is 0 Å². The molecule has 30 heavy (non-hydrogen) atoms. The van der Waals surface area contributed by atoms with Crippen LogP contribution < -0.4 is 17.6 Å². The number of phosphoric ester groups is 1. The Bertz CT molecular complexity index is 475. The van der Waals surface area contributed by atoms with Gasteiger partial charge < -0.3 is 32.5 Å². The SMILES string of the molecule is CCCCCCCCCCCCCCCC(=O)N[C@@H](COP(=O)(O)O)C(=O)O.N.N. The van der Waals surface area contributed by atoms with Crippen molar-refractivity contribution >= 4 is 19.7 Å². The first-order chi connectivity index (χ1) is 13.3. The van der Waals surface area contributed by atoms with Crippen LogP contribution in [0.3, 0.4) is 0 Å². The smallest absolute Gasteiger partial charge is 0.469 e. The first-order valence-electron chi connectivity index (χ1n) is 10.5. The molecule has 0 aliphatic carbocycles. The van der Waals surface area contributed by atoms with E-state index < -0.39 is 32.3 Å². The number of carbonyl (C=O) groups excluding carboxylic acids is 1. The quantitative estimate of drug-likeness (QED) is 0.119. The van der Waals surface area contributed by atoms with Crippen LogP contribution in [-0.2, 0) is 18.7 Å². The molecular formula is C19H44N3O7P. The van der Waals surface area contributed by atoms with Crippen molar-refractivity contribution < 1.29 is 33.6 Å². The third-order valence-corrected chi connectivity index (χ3v) is 5.04. The second kappa shape index (κ2) is 21.2. The van der Waals surface area contributed by atoms with Crippen LogP contribution in [0.1, 0.15) is 96.8 Å². The molecule has 0 aromatic rings. The minimum absolute atomic E-state index is 0. The van der Waals surface area contributed by atoms with Gasteiger partial charge in [-0.25, -0.2) is 9.36 Å². The molecule has 0 aliphatic rings. The van der Waals surface area contributed by atoms with Crippen LogP contribution in [-0.4, -0.2) is 39.4 Å². The maximum atomic E-state index is 11.8. The minimum atomic E-state index is -4.77. The molecule has 0 fully saturated rings. The van der Waals surface area contributed by atoms with Crippen molar-refractivity contribution in [2.24, 2.45) is 0 Å². The van der Waals surface area contributed by atoms with Crippen molar-refractivity contribution in [3.05, 3.63) is 0 Å². The fraction of sp³-hybridized carbons (Fsp3) is 0.895. The van der Waals surface area contributed by atoms with Gasteiger partial charge in [-0.2, -0.15) is 0 Å². The number of carboxylic acid groups (broad SMARTS) is 1. The summed E-state index contributed by atoms with van der Waals surface area (Å²) in [6, 6.07) is -1.47. The molecule has 10 nitrogen and oxygen atoms in total. The molecule has 0 rings (SSSR count). The average Bonchev–Trinajstić information content (AvgIpc) is 2.61. The maximum Gasteiger partial charge on any atom is 0.469 e. The van der Waals surface area contributed by atoms with E-state index in [0.717, 1.165) is 19.3 Å². The highest BCUT2D eigenvalue weighted by molar-refractivity contribution is 7.46. The fourth-order valence-corrected chi connectivity index (χ4v) is 3.26. The first-order valence-corrected chi connectivity index (χ1v) is 12.0. The Morgan fingerprint density at radius 2 is 1.23 bits per heavy atom. The number of hydrogen-bond donors (Lipinski definition) is 6. The second-order valence-electron chi connectivity index (χ2n) is 7.24. The molecule has 0 aromatic heterocycles. The molecule has 0 bridgehead atoms. The number of aliphatic carboxylic acids is 1. The van der Waals surface area contributed by atoms with E-state index in [1.54, 1.807) is 0 Å². The lowest BCUT2D eigenvalue weighted by atomic mass is 10.0. The molecule has 11 heteroatoms. The number of carbonyl (C=O) groups is 2. The van der Waals surface area contributed by atoms with Gasteiger partial charge in [0.2, 0.25) is 5.91 Å². The van der Waals surface area contributed by atoms with Gasteiger partial charge in [-0.3, -0.25) is 9.32 Å². The molecule has 0 aliphatic heterocycles. The summed E-state index contributed by atoms with van der Waals surface area (Å²) in [5.74, 6) is -1.85. The van der Waals surface area contributed by atoms with E-state index in [1.165, 1.54) is 57.8 Å². The number of unbranched alkanes of at least 4 members (excludes halogenated alkanes) is 12. The van der Waals surface area contributed by atoms with Crippen molar-refractivity contribution in [2.45, 2.75) is 103 Å². The Hall–Kier alpha value is -1.03. The summed E-state index contributed by atoms with van der Waals surface area (Å²) < 4.78 is 14.8. The Kier molecular flexibility index (Phi) is 23.8. The molecule has 0 unspecified atom stereocenters. The van der Waals surface area contributed by atoms with Crippen LogP contribution in [0.4, 0.5) is 0 Å². The molecular weight excluding hydrogens is 413 g/mol. The number of amides is 1. The zero-order valence-electron chi connectivity index (χ0n) is 18.5. The summed E-state index contributed by atoms with van der Waals surface area (Å²) in [5.41, 5.74) is 0. The number of phosphoric acid groups is 1. The van der Waals surface area contributed by atoms with Gasteiger partial charge in [-0.15, -0.1) is 0 Å². The fourth-order valence-electron chi connectivity index (χ4n) is 2.92. The van der Waals surface area contributed by atoms with E-state index in [0.29, 0.717) is 6.42 Å². The Morgan fingerprint density at radius 1 is 0.833 bits per heavy atom. The predicted molar refractivity (Wildman–Crippen MR) is 118 cm³/mol. The van der Waals surface area contributed by atoms with E-state index >= 15 is 0 Å². The topological polar surface area (TPSA) is 203 Å². The highest BCUT2D eigenvalue weighted by Gasteiger charge is 2.24. The largest absolute Gasteiger partial charge is 0.480 e. The summed E-state index contributed by atoms with van der Waals surface area (Å²) in [7, 11) is -4.77. The highest BCUT2D eigenvalue weighted by Crippen LogP contribution is 2.35. The molecule has 0 aromatic carbocycles. The standard InChI is InChI=1S/C19H38NO7P.2H3N/c1-2-3-4-5-6-7-8-9-10-11-12-13-14-15-18(21)20-17(19(22)23)16-27-28(24,25)26;;/h17H,2-16H2,1H3,(H,20,21)(H,22,23)(H2,24,25,26);2*1H3/t17-;;/m0../s1. The van der Waals surface area contributed by atoms with Gasteiger partial charge in [0.25, 0.3) is 0 Å². The third kappa shape index (κ3) is 23.3. The molecule has 182 valence electrons. The average molecular weight is 458 g/mol. The second-order valence-corrected chi connectivity index (χ2v) is 8.48. The van der Waals surface area contributed by atoms with Crippen molar-refractivity contribution in [1.82, 2.24) is 17.6 Å². The van der Waals surface area contributed by atoms with Gasteiger partial charge in [0.15, 0.2) is 6.04 Å². The Labute approximate surface area is 180 Å². The van der Waals surface area contributed by atoms with Gasteiger partial charge in [-0.05, 0) is 6.42 Å². The zero-order chi connectivity index (χ0) is 21.3.